The molecular weight excluding hydrogens is 353 g/mol. The Bertz CT molecular complexity index is 770. The minimum absolute atomic E-state index is 0.00817. The van der Waals surface area contributed by atoms with E-state index >= 15 is 0 Å². The van der Waals surface area contributed by atoms with Gasteiger partial charge in [-0.3, -0.25) is 14.5 Å². The van der Waals surface area contributed by atoms with Gasteiger partial charge in [0.2, 0.25) is 0 Å². The van der Waals surface area contributed by atoms with Gasteiger partial charge in [-0.05, 0) is 19.2 Å². The van der Waals surface area contributed by atoms with Crippen molar-refractivity contribution in [2.45, 2.75) is 32.7 Å². The lowest BCUT2D eigenvalue weighted by atomic mass is 9.73. The van der Waals surface area contributed by atoms with E-state index in [0.717, 1.165) is 5.19 Å². The van der Waals surface area contributed by atoms with E-state index in [2.05, 4.69) is 19.6 Å². The molecule has 1 unspecified atom stereocenters. The minimum Gasteiger partial charge on any atom is -0.494 e. The number of benzene rings is 1. The van der Waals surface area contributed by atoms with Gasteiger partial charge in [0.25, 0.3) is 0 Å². The summed E-state index contributed by atoms with van der Waals surface area (Å²) in [7, 11) is -1.35. The van der Waals surface area contributed by atoms with Crippen LogP contribution in [0.3, 0.4) is 0 Å². The van der Waals surface area contributed by atoms with Crippen LogP contribution in [0.25, 0.3) is 0 Å². The van der Waals surface area contributed by atoms with Crippen LogP contribution in [0.1, 0.15) is 28.9 Å². The number of ether oxygens (including phenoxy) is 1. The van der Waals surface area contributed by atoms with E-state index in [0.29, 0.717) is 16.6 Å². The van der Waals surface area contributed by atoms with Crippen molar-refractivity contribution in [1.82, 2.24) is 4.90 Å². The van der Waals surface area contributed by atoms with Crippen LogP contribution in [-0.2, 0) is 23.6 Å². The monoisotopic (exact) mass is 375 g/mol. The second-order valence-electron chi connectivity index (χ2n) is 7.77. The van der Waals surface area contributed by atoms with Crippen molar-refractivity contribution in [2.24, 2.45) is 0 Å². The molecule has 1 saturated heterocycles. The molecule has 0 saturated carbocycles. The van der Waals surface area contributed by atoms with Gasteiger partial charge in [0.15, 0.2) is 0 Å². The van der Waals surface area contributed by atoms with Crippen molar-refractivity contribution >= 4 is 43.7 Å². The highest BCUT2D eigenvalue weighted by molar-refractivity contribution is 6.89. The molecule has 0 N–H and O–H groups in total. The van der Waals surface area contributed by atoms with Crippen molar-refractivity contribution in [3.63, 3.8) is 0 Å². The second kappa shape index (κ2) is 6.55. The SMILES string of the molecule is CC1OC(=O)c2c([Si](C)(C)C)ccc(B3OC(=O)CN(C)CC(=O)O3)c21. The molecule has 0 spiro atoms. The minimum atomic E-state index is -1.81. The standard InChI is InChI=1S/C17H22BNO6Si/c1-10-15-11(18-24-13(20)8-19(2)9-14(21)25-18)6-7-12(26(3,4)5)16(15)17(22)23-10/h6-7,10H,8-9H2,1-5H3. The summed E-state index contributed by atoms with van der Waals surface area (Å²) >= 11 is 0. The van der Waals surface area contributed by atoms with E-state index in [1.165, 1.54) is 4.90 Å². The molecule has 1 aromatic carbocycles. The van der Waals surface area contributed by atoms with E-state index in [1.54, 1.807) is 20.0 Å². The summed E-state index contributed by atoms with van der Waals surface area (Å²) < 4.78 is 16.2. The summed E-state index contributed by atoms with van der Waals surface area (Å²) in [6.45, 7) is 8.18. The Hall–Kier alpha value is -2.13. The lowest BCUT2D eigenvalue weighted by Crippen LogP contribution is -2.50. The Morgan fingerprint density at radius 1 is 1.08 bits per heavy atom. The molecule has 0 aliphatic carbocycles. The van der Waals surface area contributed by atoms with Crippen molar-refractivity contribution in [3.05, 3.63) is 23.3 Å². The number of likely N-dealkylation sites (N-methyl/N-ethyl adjacent to an activating group) is 1. The molecule has 3 rings (SSSR count). The Kier molecular flexibility index (Phi) is 4.70. The molecule has 1 aromatic rings. The zero-order chi connectivity index (χ0) is 19.2. The molecule has 0 amide bonds. The molecule has 1 fully saturated rings. The van der Waals surface area contributed by atoms with Crippen LogP contribution in [0.2, 0.25) is 19.6 Å². The van der Waals surface area contributed by atoms with Crippen LogP contribution >= 0.6 is 0 Å². The third-order valence-corrected chi connectivity index (χ3v) is 6.54. The van der Waals surface area contributed by atoms with Gasteiger partial charge in [0, 0.05) is 11.0 Å². The van der Waals surface area contributed by atoms with Crippen LogP contribution in [0.15, 0.2) is 12.1 Å². The maximum Gasteiger partial charge on any atom is 0.636 e. The van der Waals surface area contributed by atoms with E-state index in [-0.39, 0.29) is 19.1 Å². The highest BCUT2D eigenvalue weighted by Gasteiger charge is 2.43. The van der Waals surface area contributed by atoms with Gasteiger partial charge >= 0.3 is 25.0 Å². The average molecular weight is 375 g/mol. The summed E-state index contributed by atoms with van der Waals surface area (Å²) in [6, 6.07) is 3.65. The number of hydrogen-bond acceptors (Lipinski definition) is 7. The number of nitrogens with zero attached hydrogens (tertiary/aromatic N) is 1. The largest absolute Gasteiger partial charge is 0.636 e. The van der Waals surface area contributed by atoms with Gasteiger partial charge in [0.05, 0.1) is 26.7 Å². The molecule has 9 heteroatoms. The van der Waals surface area contributed by atoms with Crippen LogP contribution in [-0.4, -0.2) is 58.1 Å². The fourth-order valence-corrected chi connectivity index (χ4v) is 4.93. The number of hydrogen-bond donors (Lipinski definition) is 0. The molecule has 2 aliphatic heterocycles. The summed E-state index contributed by atoms with van der Waals surface area (Å²) in [5.74, 6) is -1.37. The summed E-state index contributed by atoms with van der Waals surface area (Å²) in [5.41, 5.74) is 1.67. The molecule has 26 heavy (non-hydrogen) atoms. The Morgan fingerprint density at radius 2 is 1.65 bits per heavy atom. The average Bonchev–Trinajstić information content (AvgIpc) is 2.78. The zero-order valence-electron chi connectivity index (χ0n) is 15.6. The van der Waals surface area contributed by atoms with E-state index in [4.69, 9.17) is 14.0 Å². The lowest BCUT2D eigenvalue weighted by Gasteiger charge is -2.25. The Labute approximate surface area is 153 Å². The zero-order valence-corrected chi connectivity index (χ0v) is 16.6. The molecule has 138 valence electrons. The van der Waals surface area contributed by atoms with Gasteiger partial charge in [-0.15, -0.1) is 0 Å². The molecule has 0 bridgehead atoms. The molecule has 7 nitrogen and oxygen atoms in total. The van der Waals surface area contributed by atoms with Crippen molar-refractivity contribution in [1.29, 1.82) is 0 Å². The smallest absolute Gasteiger partial charge is 0.494 e. The van der Waals surface area contributed by atoms with Gasteiger partial charge < -0.3 is 14.0 Å². The lowest BCUT2D eigenvalue weighted by molar-refractivity contribution is -0.145. The van der Waals surface area contributed by atoms with E-state index < -0.39 is 33.2 Å². The number of cyclic esters (lactones) is 1. The first-order valence-corrected chi connectivity index (χ1v) is 12.0. The van der Waals surface area contributed by atoms with Crippen molar-refractivity contribution < 1.29 is 28.4 Å². The molecule has 2 heterocycles. The van der Waals surface area contributed by atoms with Crippen LogP contribution < -0.4 is 10.6 Å². The Balaban J connectivity index is 2.10. The van der Waals surface area contributed by atoms with Crippen LogP contribution in [0.5, 0.6) is 0 Å². The molecule has 2 aliphatic rings. The van der Waals surface area contributed by atoms with Crippen molar-refractivity contribution in [3.8, 4) is 0 Å². The first kappa shape index (κ1) is 18.7. The van der Waals surface area contributed by atoms with E-state index in [9.17, 15) is 14.4 Å². The van der Waals surface area contributed by atoms with Crippen LogP contribution in [0, 0.1) is 0 Å². The van der Waals surface area contributed by atoms with Crippen molar-refractivity contribution in [2.75, 3.05) is 20.1 Å². The first-order valence-electron chi connectivity index (χ1n) is 8.53. The quantitative estimate of drug-likeness (QED) is 0.539. The number of carbonyl (C=O) groups excluding carboxylic acids is 3. The third-order valence-electron chi connectivity index (χ3n) is 4.51. The number of rotatable bonds is 2. The second-order valence-corrected chi connectivity index (χ2v) is 12.8. The van der Waals surface area contributed by atoms with Gasteiger partial charge in [-0.1, -0.05) is 31.8 Å². The van der Waals surface area contributed by atoms with Crippen LogP contribution in [0.4, 0.5) is 0 Å². The first-order chi connectivity index (χ1) is 12.1. The molecule has 0 radical (unpaired) electrons. The van der Waals surface area contributed by atoms with Gasteiger partial charge in [-0.2, -0.15) is 0 Å². The highest BCUT2D eigenvalue weighted by atomic mass is 28.3. The summed E-state index contributed by atoms with van der Waals surface area (Å²) in [6.07, 6.45) is -0.491. The van der Waals surface area contributed by atoms with Gasteiger partial charge in [-0.25, -0.2) is 4.79 Å². The maximum atomic E-state index is 12.5. The third kappa shape index (κ3) is 3.41. The molecule has 0 aromatic heterocycles. The highest BCUT2D eigenvalue weighted by Crippen LogP contribution is 2.29. The number of carbonyl (C=O) groups is 3. The number of fused-ring (bicyclic) bond motifs is 1. The van der Waals surface area contributed by atoms with Gasteiger partial charge in [0.1, 0.15) is 6.10 Å². The maximum absolute atomic E-state index is 12.5. The topological polar surface area (TPSA) is 82.1 Å². The Morgan fingerprint density at radius 3 is 2.19 bits per heavy atom. The molecule has 1 atom stereocenters. The fraction of sp³-hybridized carbons (Fsp3) is 0.471. The predicted molar refractivity (Wildman–Crippen MR) is 98.3 cm³/mol. The summed E-state index contributed by atoms with van der Waals surface area (Å²) in [5, 5.41) is 0.980. The normalized spacial score (nSPS) is 21.5. The summed E-state index contributed by atoms with van der Waals surface area (Å²) in [4.78, 5) is 38.1. The fourth-order valence-electron chi connectivity index (χ4n) is 3.36. The van der Waals surface area contributed by atoms with E-state index in [1.807, 2.05) is 6.07 Å². The predicted octanol–water partition coefficient (Wildman–Crippen LogP) is 0.190. The number of esters is 1. The molecular formula is C17H22BNO6Si.